The third kappa shape index (κ3) is 3.49. The minimum atomic E-state index is -0.360. The number of carbonyl (C=O) groups is 1. The molecular formula is C23H26N4O3. The fourth-order valence-corrected chi connectivity index (χ4v) is 4.75. The van der Waals surface area contributed by atoms with E-state index in [1.54, 1.807) is 12.1 Å². The fourth-order valence-electron chi connectivity index (χ4n) is 4.75. The van der Waals surface area contributed by atoms with Gasteiger partial charge in [0.1, 0.15) is 0 Å². The zero-order valence-electron chi connectivity index (χ0n) is 17.1. The van der Waals surface area contributed by atoms with Crippen molar-refractivity contribution in [3.63, 3.8) is 0 Å². The summed E-state index contributed by atoms with van der Waals surface area (Å²) in [6.07, 6.45) is 2.63. The number of aryl methyl sites for hydroxylation is 1. The van der Waals surface area contributed by atoms with Crippen LogP contribution in [0.15, 0.2) is 42.5 Å². The molecule has 0 bridgehead atoms. The molecule has 0 aromatic heterocycles. The van der Waals surface area contributed by atoms with Crippen LogP contribution in [0, 0.1) is 23.0 Å². The summed E-state index contributed by atoms with van der Waals surface area (Å²) >= 11 is 0. The molecule has 1 aliphatic carbocycles. The Morgan fingerprint density at radius 3 is 2.60 bits per heavy atom. The summed E-state index contributed by atoms with van der Waals surface area (Å²) in [7, 11) is 0. The predicted molar refractivity (Wildman–Crippen MR) is 116 cm³/mol. The van der Waals surface area contributed by atoms with Gasteiger partial charge in [-0.3, -0.25) is 14.9 Å². The van der Waals surface area contributed by atoms with E-state index in [0.717, 1.165) is 43.7 Å². The lowest BCUT2D eigenvalue weighted by Crippen LogP contribution is -2.61. The zero-order chi connectivity index (χ0) is 20.8. The van der Waals surface area contributed by atoms with Crippen LogP contribution in [0.2, 0.25) is 0 Å². The zero-order valence-corrected chi connectivity index (χ0v) is 17.1. The molecule has 156 valence electrons. The Morgan fingerprint density at radius 2 is 1.90 bits per heavy atom. The number of amides is 1. The molecule has 7 nitrogen and oxygen atoms in total. The Balaban J connectivity index is 1.47. The lowest BCUT2D eigenvalue weighted by Gasteiger charge is -2.49. The van der Waals surface area contributed by atoms with Gasteiger partial charge in [-0.05, 0) is 49.9 Å². The lowest BCUT2D eigenvalue weighted by molar-refractivity contribution is -0.384. The molecule has 30 heavy (non-hydrogen) atoms. The Morgan fingerprint density at radius 1 is 1.13 bits per heavy atom. The summed E-state index contributed by atoms with van der Waals surface area (Å²) in [4.78, 5) is 28.7. The van der Waals surface area contributed by atoms with Gasteiger partial charge in [0.15, 0.2) is 0 Å². The average molecular weight is 406 g/mol. The lowest BCUT2D eigenvalue weighted by atomic mass is 9.83. The van der Waals surface area contributed by atoms with Gasteiger partial charge in [-0.2, -0.15) is 0 Å². The van der Waals surface area contributed by atoms with Crippen molar-refractivity contribution in [1.82, 2.24) is 5.32 Å². The second-order valence-corrected chi connectivity index (χ2v) is 8.71. The van der Waals surface area contributed by atoms with Crippen LogP contribution in [0.4, 0.5) is 17.1 Å². The molecule has 2 heterocycles. The summed E-state index contributed by atoms with van der Waals surface area (Å²) in [5, 5.41) is 14.4. The summed E-state index contributed by atoms with van der Waals surface area (Å²) in [6.45, 7) is 4.49. The van der Waals surface area contributed by atoms with Gasteiger partial charge in [0.25, 0.3) is 5.69 Å². The maximum atomic E-state index is 13.1. The molecule has 2 atom stereocenters. The maximum Gasteiger partial charge on any atom is 0.269 e. The average Bonchev–Trinajstić information content (AvgIpc) is 3.56. The van der Waals surface area contributed by atoms with Gasteiger partial charge in [0.05, 0.1) is 16.9 Å². The number of nitrogens with one attached hydrogen (secondary N) is 1. The predicted octanol–water partition coefficient (Wildman–Crippen LogP) is 3.05. The molecule has 2 aromatic carbocycles. The number of hydrogen-bond donors (Lipinski definition) is 1. The Labute approximate surface area is 175 Å². The van der Waals surface area contributed by atoms with E-state index in [1.807, 2.05) is 6.07 Å². The first-order chi connectivity index (χ1) is 14.5. The molecule has 2 unspecified atom stereocenters. The number of hydrogen-bond acceptors (Lipinski definition) is 5. The highest BCUT2D eigenvalue weighted by atomic mass is 16.6. The van der Waals surface area contributed by atoms with Crippen LogP contribution in [0.5, 0.6) is 0 Å². The Hall–Kier alpha value is -3.09. The maximum absolute atomic E-state index is 13.1. The van der Waals surface area contributed by atoms with Crippen molar-refractivity contribution in [3.05, 3.63) is 63.7 Å². The van der Waals surface area contributed by atoms with Crippen molar-refractivity contribution in [3.8, 4) is 0 Å². The second-order valence-electron chi connectivity index (χ2n) is 8.71. The van der Waals surface area contributed by atoms with E-state index in [-0.39, 0.29) is 28.5 Å². The van der Waals surface area contributed by atoms with Gasteiger partial charge in [-0.25, -0.2) is 0 Å². The van der Waals surface area contributed by atoms with Crippen molar-refractivity contribution < 1.29 is 9.72 Å². The van der Waals surface area contributed by atoms with Crippen molar-refractivity contribution in [2.45, 2.75) is 38.3 Å². The summed E-state index contributed by atoms with van der Waals surface area (Å²) in [6, 6.07) is 14.0. The van der Waals surface area contributed by atoms with Gasteiger partial charge in [0.2, 0.25) is 5.91 Å². The fraction of sp³-hybridized carbons (Fsp3) is 0.435. The van der Waals surface area contributed by atoms with Gasteiger partial charge < -0.3 is 15.1 Å². The van der Waals surface area contributed by atoms with Crippen LogP contribution in [0.1, 0.15) is 24.0 Å². The highest BCUT2D eigenvalue weighted by Crippen LogP contribution is 2.39. The summed E-state index contributed by atoms with van der Waals surface area (Å²) in [5.74, 6) is -0.135. The number of fused-ring (bicyclic) bond motifs is 3. The van der Waals surface area contributed by atoms with Crippen molar-refractivity contribution in [2.75, 3.05) is 29.4 Å². The van der Waals surface area contributed by atoms with Crippen LogP contribution in [-0.4, -0.2) is 42.5 Å². The van der Waals surface area contributed by atoms with Gasteiger partial charge in [-0.15, -0.1) is 0 Å². The molecule has 1 saturated heterocycles. The molecule has 1 amide bonds. The van der Waals surface area contributed by atoms with Gasteiger partial charge >= 0.3 is 0 Å². The topological polar surface area (TPSA) is 78.7 Å². The van der Waals surface area contributed by atoms with E-state index < -0.39 is 0 Å². The molecule has 0 spiro atoms. The van der Waals surface area contributed by atoms with E-state index in [2.05, 4.69) is 46.3 Å². The third-order valence-electron chi connectivity index (χ3n) is 6.57. The largest absolute Gasteiger partial charge is 0.368 e. The quantitative estimate of drug-likeness (QED) is 0.624. The Bertz CT molecular complexity index is 986. The monoisotopic (exact) mass is 406 g/mol. The molecule has 2 aliphatic heterocycles. The molecule has 1 saturated carbocycles. The number of anilines is 2. The van der Waals surface area contributed by atoms with Crippen LogP contribution < -0.4 is 15.1 Å². The SMILES string of the molecule is Cc1ccc(N2CCN3c4ccc([N+](=O)[O-])cc4CC(C(=O)NC4CC4)C3C2)cc1. The first-order valence-electron chi connectivity index (χ1n) is 10.7. The highest BCUT2D eigenvalue weighted by molar-refractivity contribution is 5.83. The number of nitro groups is 1. The minimum absolute atomic E-state index is 0.0489. The van der Waals surface area contributed by atoms with Crippen LogP contribution >= 0.6 is 0 Å². The van der Waals surface area contributed by atoms with Crippen LogP contribution in [0.25, 0.3) is 0 Å². The molecule has 2 fully saturated rings. The highest BCUT2D eigenvalue weighted by Gasteiger charge is 2.43. The molecule has 7 heteroatoms. The van der Waals surface area contributed by atoms with Crippen LogP contribution in [-0.2, 0) is 11.2 Å². The van der Waals surface area contributed by atoms with Crippen LogP contribution in [0.3, 0.4) is 0 Å². The molecule has 3 aliphatic rings. The molecule has 5 rings (SSSR count). The number of nitrogens with zero attached hydrogens (tertiary/aromatic N) is 3. The van der Waals surface area contributed by atoms with Gasteiger partial charge in [-0.1, -0.05) is 17.7 Å². The Kier molecular flexibility index (Phi) is 4.60. The van der Waals surface area contributed by atoms with E-state index >= 15 is 0 Å². The summed E-state index contributed by atoms with van der Waals surface area (Å²) in [5.41, 5.74) is 4.43. The number of piperazine rings is 1. The molecular weight excluding hydrogens is 380 g/mol. The number of rotatable bonds is 4. The summed E-state index contributed by atoms with van der Waals surface area (Å²) < 4.78 is 0. The van der Waals surface area contributed by atoms with E-state index in [1.165, 1.54) is 11.3 Å². The van der Waals surface area contributed by atoms with Gasteiger partial charge in [0, 0.05) is 49.2 Å². The molecule has 0 radical (unpaired) electrons. The number of benzene rings is 2. The number of carbonyl (C=O) groups excluding carboxylic acids is 1. The van der Waals surface area contributed by atoms with Crippen molar-refractivity contribution in [2.24, 2.45) is 5.92 Å². The number of nitro benzene ring substituents is 1. The standard InChI is InChI=1S/C23H26N4O3/c1-15-2-6-18(7-3-15)25-10-11-26-21-9-8-19(27(29)30)12-16(21)13-20(22(26)14-25)23(28)24-17-4-5-17/h2-3,6-9,12,17,20,22H,4-5,10-11,13-14H2,1H3,(H,24,28). The van der Waals surface area contributed by atoms with Crippen molar-refractivity contribution >= 4 is 23.0 Å². The van der Waals surface area contributed by atoms with E-state index in [9.17, 15) is 14.9 Å². The molecule has 1 N–H and O–H groups in total. The number of non-ortho nitro benzene ring substituents is 1. The van der Waals surface area contributed by atoms with E-state index in [0.29, 0.717) is 12.5 Å². The van der Waals surface area contributed by atoms with Crippen molar-refractivity contribution in [1.29, 1.82) is 0 Å². The first-order valence-corrected chi connectivity index (χ1v) is 10.7. The third-order valence-corrected chi connectivity index (χ3v) is 6.57. The van der Waals surface area contributed by atoms with E-state index in [4.69, 9.17) is 0 Å². The molecule has 2 aromatic rings. The first kappa shape index (κ1) is 18.9. The smallest absolute Gasteiger partial charge is 0.269 e. The minimum Gasteiger partial charge on any atom is -0.368 e. The normalized spacial score (nSPS) is 22.8. The second kappa shape index (κ2) is 7.31.